The average Bonchev–Trinajstić information content (AvgIpc) is 3.36. The van der Waals surface area contributed by atoms with Crippen LogP contribution in [0.3, 0.4) is 0 Å². The molecule has 166 valence electrons. The number of ether oxygens (including phenoxy) is 1. The molecule has 0 spiro atoms. The maximum atomic E-state index is 12.8. The molecule has 0 aliphatic rings. The number of halogens is 1. The summed E-state index contributed by atoms with van der Waals surface area (Å²) in [5, 5.41) is 8.01. The van der Waals surface area contributed by atoms with Crippen molar-refractivity contribution in [2.24, 2.45) is 5.73 Å². The van der Waals surface area contributed by atoms with E-state index in [2.05, 4.69) is 15.1 Å². The Morgan fingerprint density at radius 2 is 2.00 bits per heavy atom. The molecule has 0 aliphatic carbocycles. The number of nitrogens with one attached hydrogen (secondary N) is 2. The molecule has 4 aromatic rings. The molecule has 2 aromatic heterocycles. The highest BCUT2D eigenvalue weighted by molar-refractivity contribution is 7.88. The van der Waals surface area contributed by atoms with Crippen molar-refractivity contribution in [2.75, 3.05) is 11.8 Å². The standard InChI is InChI=1S/C21H20ClN5O3S2/c1-30-16-7-3-6-15-19(16)20(26-32(29)18-9-8-17(22)31-18)25-27(15)12-14-5-2-4-13(10-14)11-24-21(23)28/h2-10H,11-12H2,1H3,(H,25,26)(H3,23,24,28). The molecule has 0 bridgehead atoms. The SMILES string of the molecule is COc1cccc2c1c(NS(=O)c1ccc(Cl)s1)nn2Cc1cccc(CNC(N)=O)c1. The number of primary amides is 1. The maximum absolute atomic E-state index is 12.8. The second kappa shape index (κ2) is 9.60. The number of carbonyl (C=O) groups is 1. The number of anilines is 1. The van der Waals surface area contributed by atoms with E-state index in [1.54, 1.807) is 19.2 Å². The quantitative estimate of drug-likeness (QED) is 0.346. The van der Waals surface area contributed by atoms with E-state index in [1.165, 1.54) is 11.3 Å². The lowest BCUT2D eigenvalue weighted by atomic mass is 10.1. The van der Waals surface area contributed by atoms with Crippen molar-refractivity contribution in [3.8, 4) is 5.75 Å². The van der Waals surface area contributed by atoms with Crippen LogP contribution >= 0.6 is 22.9 Å². The summed E-state index contributed by atoms with van der Waals surface area (Å²) in [4.78, 5) is 11.0. The highest BCUT2D eigenvalue weighted by Crippen LogP contribution is 2.34. The van der Waals surface area contributed by atoms with Crippen molar-refractivity contribution >= 4 is 56.7 Å². The normalized spacial score (nSPS) is 11.9. The Morgan fingerprint density at radius 1 is 1.22 bits per heavy atom. The van der Waals surface area contributed by atoms with Gasteiger partial charge < -0.3 is 15.8 Å². The molecule has 2 aromatic carbocycles. The first-order valence-electron chi connectivity index (χ1n) is 9.53. The van der Waals surface area contributed by atoms with Crippen molar-refractivity contribution in [1.82, 2.24) is 15.1 Å². The first-order chi connectivity index (χ1) is 15.4. The van der Waals surface area contributed by atoms with Crippen LogP contribution in [-0.4, -0.2) is 27.1 Å². The molecule has 8 nitrogen and oxygen atoms in total. The Hall–Kier alpha value is -3.08. The van der Waals surface area contributed by atoms with Crippen LogP contribution in [-0.2, 0) is 24.1 Å². The molecule has 1 unspecified atom stereocenters. The number of urea groups is 1. The van der Waals surface area contributed by atoms with E-state index in [4.69, 9.17) is 22.1 Å². The molecule has 0 saturated carbocycles. The Bertz CT molecular complexity index is 1300. The van der Waals surface area contributed by atoms with Gasteiger partial charge in [0.2, 0.25) is 0 Å². The minimum atomic E-state index is -1.52. The monoisotopic (exact) mass is 489 g/mol. The lowest BCUT2D eigenvalue weighted by Gasteiger charge is -2.07. The molecule has 0 fully saturated rings. The van der Waals surface area contributed by atoms with Gasteiger partial charge >= 0.3 is 6.03 Å². The lowest BCUT2D eigenvalue weighted by Crippen LogP contribution is -2.28. The predicted octanol–water partition coefficient (Wildman–Crippen LogP) is 4.11. The van der Waals surface area contributed by atoms with Gasteiger partial charge in [0, 0.05) is 6.54 Å². The molecular weight excluding hydrogens is 470 g/mol. The van der Waals surface area contributed by atoms with Gasteiger partial charge in [0.05, 0.1) is 28.9 Å². The minimum Gasteiger partial charge on any atom is -0.496 e. The average molecular weight is 490 g/mol. The molecule has 0 saturated heterocycles. The first kappa shape index (κ1) is 22.1. The van der Waals surface area contributed by atoms with E-state index in [-0.39, 0.29) is 0 Å². The molecule has 1 atom stereocenters. The van der Waals surface area contributed by atoms with Crippen LogP contribution in [0.5, 0.6) is 5.75 Å². The second-order valence-electron chi connectivity index (χ2n) is 6.83. The summed E-state index contributed by atoms with van der Waals surface area (Å²) in [5.74, 6) is 1.07. The number of hydrogen-bond donors (Lipinski definition) is 3. The van der Waals surface area contributed by atoms with Crippen LogP contribution in [0.2, 0.25) is 4.34 Å². The highest BCUT2D eigenvalue weighted by atomic mass is 35.5. The van der Waals surface area contributed by atoms with Gasteiger partial charge in [-0.1, -0.05) is 41.9 Å². The van der Waals surface area contributed by atoms with Gasteiger partial charge in [-0.3, -0.25) is 9.40 Å². The van der Waals surface area contributed by atoms with E-state index in [1.807, 2.05) is 47.1 Å². The van der Waals surface area contributed by atoms with Gasteiger partial charge in [0.25, 0.3) is 0 Å². The molecule has 4 rings (SSSR count). The van der Waals surface area contributed by atoms with Gasteiger partial charge in [-0.15, -0.1) is 11.3 Å². The van der Waals surface area contributed by atoms with Crippen molar-refractivity contribution < 1.29 is 13.7 Å². The number of nitrogens with zero attached hydrogens (tertiary/aromatic N) is 2. The van der Waals surface area contributed by atoms with Crippen molar-refractivity contribution in [2.45, 2.75) is 17.3 Å². The summed E-state index contributed by atoms with van der Waals surface area (Å²) in [5.41, 5.74) is 7.90. The number of rotatable bonds is 8. The Morgan fingerprint density at radius 3 is 2.72 bits per heavy atom. The third-order valence-corrected chi connectivity index (χ3v) is 7.28. The van der Waals surface area contributed by atoms with Gasteiger partial charge in [-0.25, -0.2) is 9.00 Å². The van der Waals surface area contributed by atoms with Crippen LogP contribution in [0.1, 0.15) is 11.1 Å². The van der Waals surface area contributed by atoms with Crippen LogP contribution in [0.15, 0.2) is 58.8 Å². The van der Waals surface area contributed by atoms with Crippen molar-refractivity contribution in [3.63, 3.8) is 0 Å². The molecule has 11 heteroatoms. The zero-order valence-corrected chi connectivity index (χ0v) is 19.4. The smallest absolute Gasteiger partial charge is 0.312 e. The third kappa shape index (κ3) is 4.87. The number of carbonyl (C=O) groups excluding carboxylic acids is 1. The number of hydrogen-bond acceptors (Lipinski definition) is 5. The summed E-state index contributed by atoms with van der Waals surface area (Å²) in [6.45, 7) is 0.805. The number of methoxy groups -OCH3 is 1. The molecule has 2 heterocycles. The molecule has 2 amide bonds. The van der Waals surface area contributed by atoms with Crippen LogP contribution in [0.25, 0.3) is 10.9 Å². The van der Waals surface area contributed by atoms with Crippen LogP contribution in [0.4, 0.5) is 10.6 Å². The molecule has 4 N–H and O–H groups in total. The predicted molar refractivity (Wildman–Crippen MR) is 128 cm³/mol. The van der Waals surface area contributed by atoms with E-state index in [0.29, 0.717) is 33.2 Å². The lowest BCUT2D eigenvalue weighted by molar-refractivity contribution is 0.248. The van der Waals surface area contributed by atoms with Crippen LogP contribution in [0, 0.1) is 0 Å². The molecular formula is C21H20ClN5O3S2. The van der Waals surface area contributed by atoms with E-state index in [9.17, 15) is 9.00 Å². The van der Waals surface area contributed by atoms with Gasteiger partial charge in [0.15, 0.2) is 16.8 Å². The zero-order chi connectivity index (χ0) is 22.7. The topological polar surface area (TPSA) is 111 Å². The number of nitrogens with two attached hydrogens (primary N) is 1. The zero-order valence-electron chi connectivity index (χ0n) is 17.0. The first-order valence-corrected chi connectivity index (χ1v) is 11.9. The molecule has 32 heavy (non-hydrogen) atoms. The number of thiophene rings is 1. The largest absolute Gasteiger partial charge is 0.496 e. The van der Waals surface area contributed by atoms with E-state index >= 15 is 0 Å². The fourth-order valence-electron chi connectivity index (χ4n) is 3.29. The fourth-order valence-corrected chi connectivity index (χ4v) is 5.52. The van der Waals surface area contributed by atoms with E-state index < -0.39 is 17.0 Å². The number of fused-ring (bicyclic) bond motifs is 1. The summed E-state index contributed by atoms with van der Waals surface area (Å²) in [7, 11) is 0.0612. The summed E-state index contributed by atoms with van der Waals surface area (Å²) in [6.07, 6.45) is 0. The Balaban J connectivity index is 1.67. The van der Waals surface area contributed by atoms with Gasteiger partial charge in [0.1, 0.15) is 9.96 Å². The Kier molecular flexibility index (Phi) is 6.63. The molecule has 0 radical (unpaired) electrons. The second-order valence-corrected chi connectivity index (χ2v) is 9.98. The maximum Gasteiger partial charge on any atom is 0.312 e. The molecule has 0 aliphatic heterocycles. The number of amides is 2. The van der Waals surface area contributed by atoms with Crippen molar-refractivity contribution in [1.29, 1.82) is 0 Å². The third-order valence-electron chi connectivity index (χ3n) is 4.67. The van der Waals surface area contributed by atoms with Crippen molar-refractivity contribution in [3.05, 3.63) is 70.1 Å². The highest BCUT2D eigenvalue weighted by Gasteiger charge is 2.18. The summed E-state index contributed by atoms with van der Waals surface area (Å²) >= 11 is 7.23. The fraction of sp³-hybridized carbons (Fsp3) is 0.143. The van der Waals surface area contributed by atoms with Gasteiger partial charge in [-0.05, 0) is 35.4 Å². The summed E-state index contributed by atoms with van der Waals surface area (Å²) in [6, 6.07) is 16.3. The summed E-state index contributed by atoms with van der Waals surface area (Å²) < 4.78 is 24.3. The Labute approximate surface area is 195 Å². The van der Waals surface area contributed by atoms with Crippen LogP contribution < -0.4 is 20.5 Å². The van der Waals surface area contributed by atoms with E-state index in [0.717, 1.165) is 22.0 Å². The van der Waals surface area contributed by atoms with Gasteiger partial charge in [-0.2, -0.15) is 5.10 Å². The minimum absolute atomic E-state index is 0.339. The number of benzene rings is 2. The number of aromatic nitrogens is 2.